The normalized spacial score (nSPS) is 15.5. The highest BCUT2D eigenvalue weighted by Crippen LogP contribution is 2.17. The van der Waals surface area contributed by atoms with Gasteiger partial charge in [0.05, 0.1) is 6.26 Å². The maximum absolute atomic E-state index is 12.1. The molecule has 1 fully saturated rings. The second kappa shape index (κ2) is 9.08. The number of anilines is 1. The van der Waals surface area contributed by atoms with Crippen molar-refractivity contribution in [2.24, 2.45) is 4.99 Å². The number of rotatable bonds is 5. The molecule has 2 aromatic rings. The van der Waals surface area contributed by atoms with Gasteiger partial charge >= 0.3 is 0 Å². The first-order chi connectivity index (χ1) is 12.7. The van der Waals surface area contributed by atoms with Crippen LogP contribution in [-0.2, 0) is 6.54 Å². The molecule has 0 aliphatic heterocycles. The van der Waals surface area contributed by atoms with E-state index in [1.165, 1.54) is 38.4 Å². The number of guanidine groups is 1. The van der Waals surface area contributed by atoms with Crippen molar-refractivity contribution in [2.75, 3.05) is 12.4 Å². The highest BCUT2D eigenvalue weighted by atomic mass is 16.3. The molecular formula is C20H26N4O2. The van der Waals surface area contributed by atoms with Gasteiger partial charge in [-0.2, -0.15) is 0 Å². The number of hydrogen-bond acceptors (Lipinski definition) is 3. The molecule has 6 heteroatoms. The van der Waals surface area contributed by atoms with Gasteiger partial charge in [0.1, 0.15) is 0 Å². The molecule has 6 nitrogen and oxygen atoms in total. The summed E-state index contributed by atoms with van der Waals surface area (Å²) in [4.78, 5) is 16.4. The number of amides is 1. The van der Waals surface area contributed by atoms with Crippen molar-refractivity contribution in [3.63, 3.8) is 0 Å². The smallest absolute Gasteiger partial charge is 0.291 e. The van der Waals surface area contributed by atoms with E-state index in [1.54, 1.807) is 19.2 Å². The van der Waals surface area contributed by atoms with Gasteiger partial charge < -0.3 is 20.4 Å². The van der Waals surface area contributed by atoms with Crippen molar-refractivity contribution in [2.45, 2.75) is 44.7 Å². The van der Waals surface area contributed by atoms with Crippen LogP contribution in [0.5, 0.6) is 0 Å². The maximum Gasteiger partial charge on any atom is 0.291 e. The van der Waals surface area contributed by atoms with Crippen molar-refractivity contribution in [1.82, 2.24) is 10.6 Å². The molecule has 0 radical (unpaired) electrons. The van der Waals surface area contributed by atoms with E-state index >= 15 is 0 Å². The summed E-state index contributed by atoms with van der Waals surface area (Å²) in [5.74, 6) is 0.863. The number of carbonyl (C=O) groups excluding carboxylic acids is 1. The number of nitrogens with one attached hydrogen (secondary N) is 3. The Morgan fingerprint density at radius 3 is 2.77 bits per heavy atom. The number of hydrogen-bond donors (Lipinski definition) is 3. The molecular weight excluding hydrogens is 328 g/mol. The lowest BCUT2D eigenvalue weighted by Crippen LogP contribution is -2.43. The van der Waals surface area contributed by atoms with E-state index in [1.807, 2.05) is 24.3 Å². The van der Waals surface area contributed by atoms with Gasteiger partial charge in [0, 0.05) is 25.3 Å². The number of carbonyl (C=O) groups is 1. The van der Waals surface area contributed by atoms with Gasteiger partial charge in [0.15, 0.2) is 11.7 Å². The van der Waals surface area contributed by atoms with Gasteiger partial charge in [0.25, 0.3) is 5.91 Å². The molecule has 0 spiro atoms. The fourth-order valence-electron chi connectivity index (χ4n) is 3.18. The van der Waals surface area contributed by atoms with Crippen LogP contribution in [0.25, 0.3) is 0 Å². The summed E-state index contributed by atoms with van der Waals surface area (Å²) in [7, 11) is 1.79. The maximum atomic E-state index is 12.1. The van der Waals surface area contributed by atoms with Gasteiger partial charge in [0.2, 0.25) is 0 Å². The average molecular weight is 354 g/mol. The third-order valence-corrected chi connectivity index (χ3v) is 4.56. The molecule has 3 rings (SSSR count). The van der Waals surface area contributed by atoms with Gasteiger partial charge in [-0.05, 0) is 42.7 Å². The summed E-state index contributed by atoms with van der Waals surface area (Å²) in [5.41, 5.74) is 1.80. The zero-order chi connectivity index (χ0) is 18.2. The monoisotopic (exact) mass is 354 g/mol. The Morgan fingerprint density at radius 1 is 1.19 bits per heavy atom. The van der Waals surface area contributed by atoms with E-state index in [0.29, 0.717) is 18.3 Å². The molecule has 1 aromatic carbocycles. The Balaban J connectivity index is 1.53. The van der Waals surface area contributed by atoms with Crippen molar-refractivity contribution < 1.29 is 9.21 Å². The molecule has 0 bridgehead atoms. The van der Waals surface area contributed by atoms with E-state index in [2.05, 4.69) is 20.9 Å². The molecule has 1 amide bonds. The Labute approximate surface area is 154 Å². The van der Waals surface area contributed by atoms with Crippen LogP contribution < -0.4 is 16.0 Å². The third kappa shape index (κ3) is 5.12. The summed E-state index contributed by atoms with van der Waals surface area (Å²) in [6, 6.07) is 11.6. The van der Waals surface area contributed by atoms with Crippen LogP contribution in [0.1, 0.15) is 48.2 Å². The lowest BCUT2D eigenvalue weighted by Gasteiger charge is -2.25. The second-order valence-electron chi connectivity index (χ2n) is 6.54. The standard InChI is InChI=1S/C20H26N4O2/c1-21-20(24-16-8-3-2-4-9-16)22-14-15-7-5-10-17(13-15)23-19(25)18-11-6-12-26-18/h5-7,10-13,16H,2-4,8-9,14H2,1H3,(H,23,25)(H2,21,22,24). The van der Waals surface area contributed by atoms with E-state index in [-0.39, 0.29) is 5.91 Å². The van der Waals surface area contributed by atoms with Crippen LogP contribution in [0.15, 0.2) is 52.1 Å². The topological polar surface area (TPSA) is 78.7 Å². The predicted molar refractivity (Wildman–Crippen MR) is 103 cm³/mol. The van der Waals surface area contributed by atoms with Crippen molar-refractivity contribution >= 4 is 17.6 Å². The minimum absolute atomic E-state index is 0.255. The number of aliphatic imine (C=N–C) groups is 1. The summed E-state index contributed by atoms with van der Waals surface area (Å²) in [6.45, 7) is 0.636. The van der Waals surface area contributed by atoms with Crippen LogP contribution >= 0.6 is 0 Å². The molecule has 26 heavy (non-hydrogen) atoms. The van der Waals surface area contributed by atoms with Gasteiger partial charge in [-0.25, -0.2) is 0 Å². The number of nitrogens with zero attached hydrogens (tertiary/aromatic N) is 1. The van der Waals surface area contributed by atoms with E-state index < -0.39 is 0 Å². The Kier molecular flexibility index (Phi) is 6.30. The lowest BCUT2D eigenvalue weighted by atomic mass is 9.96. The Morgan fingerprint density at radius 2 is 2.04 bits per heavy atom. The first-order valence-electron chi connectivity index (χ1n) is 9.15. The first-order valence-corrected chi connectivity index (χ1v) is 9.15. The summed E-state index contributed by atoms with van der Waals surface area (Å²) < 4.78 is 5.12. The largest absolute Gasteiger partial charge is 0.459 e. The first kappa shape index (κ1) is 18.0. The quantitative estimate of drug-likeness (QED) is 0.567. The van der Waals surface area contributed by atoms with Crippen molar-refractivity contribution in [1.29, 1.82) is 0 Å². The van der Waals surface area contributed by atoms with Gasteiger partial charge in [-0.15, -0.1) is 0 Å². The van der Waals surface area contributed by atoms with Crippen LogP contribution in [0.3, 0.4) is 0 Å². The Bertz CT molecular complexity index is 734. The van der Waals surface area contributed by atoms with Crippen LogP contribution in [-0.4, -0.2) is 25.0 Å². The van der Waals surface area contributed by atoms with Crippen LogP contribution in [0.2, 0.25) is 0 Å². The summed E-state index contributed by atoms with van der Waals surface area (Å²) >= 11 is 0. The van der Waals surface area contributed by atoms with Crippen molar-refractivity contribution in [3.8, 4) is 0 Å². The number of furan rings is 1. The lowest BCUT2D eigenvalue weighted by molar-refractivity contribution is 0.0996. The zero-order valence-corrected chi connectivity index (χ0v) is 15.1. The molecule has 0 atom stereocenters. The minimum Gasteiger partial charge on any atom is -0.459 e. The summed E-state index contributed by atoms with van der Waals surface area (Å²) in [6.07, 6.45) is 7.79. The molecule has 1 aliphatic rings. The van der Waals surface area contributed by atoms with E-state index in [0.717, 1.165) is 17.2 Å². The van der Waals surface area contributed by atoms with E-state index in [9.17, 15) is 4.79 Å². The van der Waals surface area contributed by atoms with Crippen LogP contribution in [0, 0.1) is 0 Å². The molecule has 1 saturated carbocycles. The Hall–Kier alpha value is -2.76. The molecule has 1 heterocycles. The average Bonchev–Trinajstić information content (AvgIpc) is 3.21. The van der Waals surface area contributed by atoms with Crippen molar-refractivity contribution in [3.05, 3.63) is 54.0 Å². The zero-order valence-electron chi connectivity index (χ0n) is 15.1. The highest BCUT2D eigenvalue weighted by molar-refractivity contribution is 6.02. The highest BCUT2D eigenvalue weighted by Gasteiger charge is 2.14. The van der Waals surface area contributed by atoms with Gasteiger partial charge in [-0.1, -0.05) is 31.4 Å². The second-order valence-corrected chi connectivity index (χ2v) is 6.54. The van der Waals surface area contributed by atoms with Gasteiger partial charge in [-0.3, -0.25) is 9.79 Å². The summed E-state index contributed by atoms with van der Waals surface area (Å²) in [5, 5.41) is 9.69. The number of benzene rings is 1. The predicted octanol–water partition coefficient (Wildman–Crippen LogP) is 3.53. The molecule has 0 unspecified atom stereocenters. The molecule has 1 aliphatic carbocycles. The molecule has 1 aromatic heterocycles. The van der Waals surface area contributed by atoms with Crippen LogP contribution in [0.4, 0.5) is 5.69 Å². The SMILES string of the molecule is CN=C(NCc1cccc(NC(=O)c2ccco2)c1)NC1CCCCC1. The minimum atomic E-state index is -0.255. The fourth-order valence-corrected chi connectivity index (χ4v) is 3.18. The van der Waals surface area contributed by atoms with E-state index in [4.69, 9.17) is 4.42 Å². The fraction of sp³-hybridized carbons (Fsp3) is 0.400. The molecule has 138 valence electrons. The third-order valence-electron chi connectivity index (χ3n) is 4.56. The molecule has 0 saturated heterocycles. The molecule has 3 N–H and O–H groups in total.